The SMILES string of the molecule is O=C(O)CCC(Cc1ccccc1)NC1CCN(CCc2ccccc2)CC1. The van der Waals surface area contributed by atoms with Crippen molar-refractivity contribution in [2.75, 3.05) is 19.6 Å². The van der Waals surface area contributed by atoms with E-state index in [2.05, 4.69) is 64.8 Å². The quantitative estimate of drug-likeness (QED) is 0.659. The predicted molar refractivity (Wildman–Crippen MR) is 114 cm³/mol. The lowest BCUT2D eigenvalue weighted by Crippen LogP contribution is -2.47. The molecular weight excluding hydrogens is 348 g/mol. The fourth-order valence-electron chi connectivity index (χ4n) is 4.03. The minimum atomic E-state index is -0.712. The van der Waals surface area contributed by atoms with E-state index in [0.717, 1.165) is 45.3 Å². The van der Waals surface area contributed by atoms with Crippen LogP contribution in [0.25, 0.3) is 0 Å². The monoisotopic (exact) mass is 380 g/mol. The van der Waals surface area contributed by atoms with Gasteiger partial charge in [0.05, 0.1) is 0 Å². The van der Waals surface area contributed by atoms with Crippen molar-refractivity contribution in [1.29, 1.82) is 0 Å². The van der Waals surface area contributed by atoms with Crippen molar-refractivity contribution in [1.82, 2.24) is 10.2 Å². The molecule has 0 aromatic heterocycles. The first-order valence-corrected chi connectivity index (χ1v) is 10.5. The third-order valence-electron chi connectivity index (χ3n) is 5.65. The number of hydrogen-bond acceptors (Lipinski definition) is 3. The van der Waals surface area contributed by atoms with E-state index in [-0.39, 0.29) is 12.5 Å². The van der Waals surface area contributed by atoms with Crippen LogP contribution < -0.4 is 5.32 Å². The molecule has 1 saturated heterocycles. The van der Waals surface area contributed by atoms with Crippen LogP contribution in [-0.4, -0.2) is 47.7 Å². The summed E-state index contributed by atoms with van der Waals surface area (Å²) < 4.78 is 0. The number of rotatable bonds is 10. The van der Waals surface area contributed by atoms with Crippen molar-refractivity contribution in [3.63, 3.8) is 0 Å². The molecule has 1 aliphatic rings. The van der Waals surface area contributed by atoms with Crippen LogP contribution in [0.5, 0.6) is 0 Å². The second kappa shape index (κ2) is 11.0. The summed E-state index contributed by atoms with van der Waals surface area (Å²) >= 11 is 0. The van der Waals surface area contributed by atoms with Crippen molar-refractivity contribution >= 4 is 5.97 Å². The third-order valence-corrected chi connectivity index (χ3v) is 5.65. The van der Waals surface area contributed by atoms with Crippen molar-refractivity contribution in [2.45, 2.75) is 50.6 Å². The van der Waals surface area contributed by atoms with Gasteiger partial charge in [0.2, 0.25) is 0 Å². The molecule has 1 heterocycles. The Morgan fingerprint density at radius 3 is 2.21 bits per heavy atom. The Kier molecular flexibility index (Phi) is 8.07. The van der Waals surface area contributed by atoms with E-state index in [1.54, 1.807) is 0 Å². The molecule has 0 amide bonds. The summed E-state index contributed by atoms with van der Waals surface area (Å²) in [6, 6.07) is 21.8. The number of carbonyl (C=O) groups is 1. The lowest BCUT2D eigenvalue weighted by molar-refractivity contribution is -0.137. The van der Waals surface area contributed by atoms with Crippen LogP contribution >= 0.6 is 0 Å². The summed E-state index contributed by atoms with van der Waals surface area (Å²) in [4.78, 5) is 13.6. The Labute approximate surface area is 168 Å². The highest BCUT2D eigenvalue weighted by Gasteiger charge is 2.22. The van der Waals surface area contributed by atoms with E-state index < -0.39 is 5.97 Å². The number of nitrogens with zero attached hydrogens (tertiary/aromatic N) is 1. The van der Waals surface area contributed by atoms with Crippen molar-refractivity contribution < 1.29 is 9.90 Å². The van der Waals surface area contributed by atoms with E-state index in [0.29, 0.717) is 12.5 Å². The highest BCUT2D eigenvalue weighted by molar-refractivity contribution is 5.66. The number of carboxylic acid groups (broad SMARTS) is 1. The van der Waals surface area contributed by atoms with Gasteiger partial charge in [0.15, 0.2) is 0 Å². The maximum Gasteiger partial charge on any atom is 0.303 e. The fraction of sp³-hybridized carbons (Fsp3) is 0.458. The Morgan fingerprint density at radius 2 is 1.61 bits per heavy atom. The summed E-state index contributed by atoms with van der Waals surface area (Å²) in [5, 5.41) is 12.9. The van der Waals surface area contributed by atoms with Gasteiger partial charge in [0.1, 0.15) is 0 Å². The predicted octanol–water partition coefficient (Wildman–Crippen LogP) is 3.76. The maximum absolute atomic E-state index is 11.0. The molecule has 150 valence electrons. The molecule has 1 atom stereocenters. The number of benzene rings is 2. The number of carboxylic acids is 1. The van der Waals surface area contributed by atoms with Gasteiger partial charge < -0.3 is 15.3 Å². The maximum atomic E-state index is 11.0. The highest BCUT2D eigenvalue weighted by atomic mass is 16.4. The van der Waals surface area contributed by atoms with Gasteiger partial charge in [-0.2, -0.15) is 0 Å². The van der Waals surface area contributed by atoms with Crippen molar-refractivity contribution in [3.8, 4) is 0 Å². The van der Waals surface area contributed by atoms with Gasteiger partial charge in [-0.25, -0.2) is 0 Å². The average molecular weight is 381 g/mol. The molecule has 1 fully saturated rings. The minimum absolute atomic E-state index is 0.222. The summed E-state index contributed by atoms with van der Waals surface area (Å²) in [7, 11) is 0. The van der Waals surface area contributed by atoms with Crippen LogP contribution in [-0.2, 0) is 17.6 Å². The number of likely N-dealkylation sites (tertiary alicyclic amines) is 1. The molecular formula is C24H32N2O2. The molecule has 1 unspecified atom stereocenters. The lowest BCUT2D eigenvalue weighted by atomic mass is 9.97. The molecule has 0 aliphatic carbocycles. The topological polar surface area (TPSA) is 52.6 Å². The first-order chi connectivity index (χ1) is 13.7. The Morgan fingerprint density at radius 1 is 1.00 bits per heavy atom. The van der Waals surface area contributed by atoms with Crippen LogP contribution in [0.4, 0.5) is 0 Å². The molecule has 0 bridgehead atoms. The number of aliphatic carboxylic acids is 1. The van der Waals surface area contributed by atoms with Crippen LogP contribution in [0.3, 0.4) is 0 Å². The zero-order valence-corrected chi connectivity index (χ0v) is 16.6. The molecule has 2 aromatic carbocycles. The van der Waals surface area contributed by atoms with Crippen LogP contribution in [0.2, 0.25) is 0 Å². The molecule has 0 saturated carbocycles. The fourth-order valence-corrected chi connectivity index (χ4v) is 4.03. The van der Waals surface area contributed by atoms with Gasteiger partial charge in [-0.3, -0.25) is 4.79 Å². The summed E-state index contributed by atoms with van der Waals surface area (Å²) in [5.41, 5.74) is 2.67. The summed E-state index contributed by atoms with van der Waals surface area (Å²) in [6.07, 6.45) is 5.16. The first-order valence-electron chi connectivity index (χ1n) is 10.5. The number of nitrogens with one attached hydrogen (secondary N) is 1. The van der Waals surface area contributed by atoms with E-state index >= 15 is 0 Å². The standard InChI is InChI=1S/C24H32N2O2/c27-24(28)12-11-23(19-21-9-5-2-6-10-21)25-22-14-17-26(18-15-22)16-13-20-7-3-1-4-8-20/h1-10,22-23,25H,11-19H2,(H,27,28). The normalized spacial score (nSPS) is 16.7. The molecule has 3 rings (SSSR count). The molecule has 2 N–H and O–H groups in total. The van der Waals surface area contributed by atoms with Gasteiger partial charge in [0, 0.05) is 25.0 Å². The van der Waals surface area contributed by atoms with Gasteiger partial charge in [0.25, 0.3) is 0 Å². The molecule has 1 aliphatic heterocycles. The lowest BCUT2D eigenvalue weighted by Gasteiger charge is -2.34. The molecule has 4 nitrogen and oxygen atoms in total. The molecule has 0 radical (unpaired) electrons. The second-order valence-corrected chi connectivity index (χ2v) is 7.84. The average Bonchev–Trinajstić information content (AvgIpc) is 2.73. The van der Waals surface area contributed by atoms with E-state index in [4.69, 9.17) is 5.11 Å². The Balaban J connectivity index is 1.45. The van der Waals surface area contributed by atoms with Gasteiger partial charge in [-0.15, -0.1) is 0 Å². The first kappa shape index (κ1) is 20.6. The smallest absolute Gasteiger partial charge is 0.303 e. The summed E-state index contributed by atoms with van der Waals surface area (Å²) in [6.45, 7) is 3.34. The molecule has 4 heteroatoms. The van der Waals surface area contributed by atoms with Crippen LogP contribution in [0, 0.1) is 0 Å². The number of piperidine rings is 1. The van der Waals surface area contributed by atoms with Gasteiger partial charge in [-0.1, -0.05) is 60.7 Å². The Bertz CT molecular complexity index is 697. The molecule has 2 aromatic rings. The van der Waals surface area contributed by atoms with Crippen molar-refractivity contribution in [3.05, 3.63) is 71.8 Å². The largest absolute Gasteiger partial charge is 0.481 e. The zero-order valence-electron chi connectivity index (χ0n) is 16.6. The molecule has 0 spiro atoms. The molecule has 28 heavy (non-hydrogen) atoms. The van der Waals surface area contributed by atoms with Crippen LogP contribution in [0.15, 0.2) is 60.7 Å². The zero-order chi connectivity index (χ0) is 19.6. The second-order valence-electron chi connectivity index (χ2n) is 7.84. The minimum Gasteiger partial charge on any atom is -0.481 e. The number of hydrogen-bond donors (Lipinski definition) is 2. The highest BCUT2D eigenvalue weighted by Crippen LogP contribution is 2.15. The van der Waals surface area contributed by atoms with Crippen molar-refractivity contribution in [2.24, 2.45) is 0 Å². The van der Waals surface area contributed by atoms with E-state index in [1.165, 1.54) is 11.1 Å². The van der Waals surface area contributed by atoms with Crippen LogP contribution in [0.1, 0.15) is 36.8 Å². The Hall–Kier alpha value is -2.17. The van der Waals surface area contributed by atoms with E-state index in [9.17, 15) is 4.79 Å². The van der Waals surface area contributed by atoms with Gasteiger partial charge >= 0.3 is 5.97 Å². The van der Waals surface area contributed by atoms with Gasteiger partial charge in [-0.05, 0) is 56.3 Å². The summed E-state index contributed by atoms with van der Waals surface area (Å²) in [5.74, 6) is -0.712. The van der Waals surface area contributed by atoms with E-state index in [1.807, 2.05) is 6.07 Å². The third kappa shape index (κ3) is 7.10.